The van der Waals surface area contributed by atoms with Gasteiger partial charge in [-0.3, -0.25) is 9.59 Å². The maximum atomic E-state index is 13.0. The second kappa shape index (κ2) is 9.15. The van der Waals surface area contributed by atoms with Crippen molar-refractivity contribution in [2.75, 3.05) is 13.7 Å². The number of nitrogens with zero attached hydrogens (tertiary/aromatic N) is 2. The molecule has 0 bridgehead atoms. The molecule has 0 saturated heterocycles. The lowest BCUT2D eigenvalue weighted by molar-refractivity contribution is -0.135. The minimum atomic E-state index is -0.704. The van der Waals surface area contributed by atoms with Crippen LogP contribution in [0.3, 0.4) is 0 Å². The molecule has 2 aromatic carbocycles. The summed E-state index contributed by atoms with van der Waals surface area (Å²) in [6.07, 6.45) is 2.02. The van der Waals surface area contributed by atoms with Gasteiger partial charge in [0.15, 0.2) is 6.61 Å². The van der Waals surface area contributed by atoms with Crippen molar-refractivity contribution in [3.63, 3.8) is 0 Å². The van der Waals surface area contributed by atoms with Crippen LogP contribution in [0.1, 0.15) is 34.1 Å². The maximum Gasteiger partial charge on any atom is 0.281 e. The van der Waals surface area contributed by atoms with Crippen molar-refractivity contribution in [1.29, 1.82) is 0 Å². The predicted molar refractivity (Wildman–Crippen MR) is 118 cm³/mol. The third kappa shape index (κ3) is 4.45. The summed E-state index contributed by atoms with van der Waals surface area (Å²) < 4.78 is 16.3. The van der Waals surface area contributed by atoms with E-state index in [2.05, 4.69) is 5.10 Å². The van der Waals surface area contributed by atoms with E-state index in [0.29, 0.717) is 17.2 Å². The van der Waals surface area contributed by atoms with Crippen LogP contribution in [-0.4, -0.2) is 36.3 Å². The van der Waals surface area contributed by atoms with Crippen molar-refractivity contribution in [3.05, 3.63) is 82.8 Å². The number of nitrogens with two attached hydrogens (primary N) is 1. The van der Waals surface area contributed by atoms with Gasteiger partial charge in [0.1, 0.15) is 23.3 Å². The summed E-state index contributed by atoms with van der Waals surface area (Å²) in [7, 11) is 1.60. The Kier molecular flexibility index (Phi) is 6.13. The van der Waals surface area contributed by atoms with E-state index in [9.17, 15) is 9.59 Å². The molecular weight excluding hydrogens is 434 g/mol. The molecule has 32 heavy (non-hydrogen) atoms. The number of furan rings is 1. The van der Waals surface area contributed by atoms with Crippen molar-refractivity contribution in [2.24, 2.45) is 10.8 Å². The molecule has 8 nitrogen and oxygen atoms in total. The largest absolute Gasteiger partial charge is 0.497 e. The van der Waals surface area contributed by atoms with Gasteiger partial charge in [-0.2, -0.15) is 5.10 Å². The molecule has 0 radical (unpaired) electrons. The Morgan fingerprint density at radius 2 is 2.00 bits per heavy atom. The van der Waals surface area contributed by atoms with Crippen LogP contribution in [0.5, 0.6) is 11.5 Å². The van der Waals surface area contributed by atoms with E-state index in [0.717, 1.165) is 17.0 Å². The number of amides is 2. The van der Waals surface area contributed by atoms with Gasteiger partial charge in [-0.05, 0) is 60.2 Å². The Morgan fingerprint density at radius 3 is 2.66 bits per heavy atom. The zero-order valence-electron chi connectivity index (χ0n) is 17.2. The number of halogens is 1. The molecule has 164 valence electrons. The first kappa shape index (κ1) is 21.5. The first-order valence-electron chi connectivity index (χ1n) is 9.76. The van der Waals surface area contributed by atoms with Crippen LogP contribution in [0.15, 0.2) is 70.4 Å². The summed E-state index contributed by atoms with van der Waals surface area (Å²) in [4.78, 5) is 24.7. The topological polar surface area (TPSA) is 107 Å². The number of benzene rings is 2. The molecule has 0 saturated carbocycles. The lowest BCUT2D eigenvalue weighted by Gasteiger charge is -2.20. The predicted octanol–water partition coefficient (Wildman–Crippen LogP) is 3.80. The number of rotatable bonds is 7. The molecule has 1 unspecified atom stereocenters. The van der Waals surface area contributed by atoms with E-state index in [4.69, 9.17) is 31.2 Å². The van der Waals surface area contributed by atoms with E-state index in [1.165, 1.54) is 17.1 Å². The second-order valence-electron chi connectivity index (χ2n) is 7.04. The van der Waals surface area contributed by atoms with Crippen LogP contribution in [0.2, 0.25) is 5.02 Å². The first-order chi connectivity index (χ1) is 15.5. The van der Waals surface area contributed by atoms with E-state index in [1.54, 1.807) is 31.6 Å². The number of hydrazone groups is 1. The van der Waals surface area contributed by atoms with Crippen LogP contribution in [0, 0.1) is 0 Å². The van der Waals surface area contributed by atoms with Crippen LogP contribution < -0.4 is 15.2 Å². The third-order valence-electron chi connectivity index (χ3n) is 5.02. The van der Waals surface area contributed by atoms with Crippen molar-refractivity contribution < 1.29 is 23.5 Å². The van der Waals surface area contributed by atoms with Gasteiger partial charge in [0.05, 0.1) is 24.6 Å². The molecule has 3 aromatic rings. The minimum Gasteiger partial charge on any atom is -0.497 e. The smallest absolute Gasteiger partial charge is 0.281 e. The van der Waals surface area contributed by atoms with E-state index < -0.39 is 17.9 Å². The average molecular weight is 454 g/mol. The van der Waals surface area contributed by atoms with E-state index in [-0.39, 0.29) is 17.9 Å². The maximum absolute atomic E-state index is 13.0. The first-order valence-corrected chi connectivity index (χ1v) is 10.1. The number of carbonyl (C=O) groups is 2. The molecule has 0 aliphatic carbocycles. The van der Waals surface area contributed by atoms with Crippen molar-refractivity contribution >= 4 is 29.1 Å². The van der Waals surface area contributed by atoms with Crippen LogP contribution in [0.25, 0.3) is 0 Å². The van der Waals surface area contributed by atoms with Gasteiger partial charge in [0.25, 0.3) is 11.8 Å². The van der Waals surface area contributed by atoms with Crippen molar-refractivity contribution in [3.8, 4) is 11.5 Å². The zero-order chi connectivity index (χ0) is 22.7. The number of ether oxygens (including phenoxy) is 2. The number of carbonyl (C=O) groups excluding carboxylic acids is 2. The van der Waals surface area contributed by atoms with Crippen LogP contribution in [0.4, 0.5) is 0 Å². The highest BCUT2D eigenvalue weighted by molar-refractivity contribution is 6.31. The summed E-state index contributed by atoms with van der Waals surface area (Å²) in [6.45, 7) is -0.349. The van der Waals surface area contributed by atoms with Gasteiger partial charge in [-0.25, -0.2) is 5.01 Å². The highest BCUT2D eigenvalue weighted by Gasteiger charge is 2.35. The monoisotopic (exact) mass is 453 g/mol. The molecular formula is C23H20ClN3O5. The van der Waals surface area contributed by atoms with Gasteiger partial charge in [-0.1, -0.05) is 11.6 Å². The number of primary amides is 1. The lowest BCUT2D eigenvalue weighted by Crippen LogP contribution is -2.31. The molecule has 2 N–H and O–H groups in total. The molecule has 1 aromatic heterocycles. The Morgan fingerprint density at radius 1 is 1.22 bits per heavy atom. The van der Waals surface area contributed by atoms with Crippen LogP contribution in [-0.2, 0) is 4.79 Å². The van der Waals surface area contributed by atoms with Crippen molar-refractivity contribution in [1.82, 2.24) is 5.01 Å². The SMILES string of the molecule is COc1ccc(C2=NN(C(=O)COc3ccc(Cl)cc3C(N)=O)C(c3ccco3)C2)cc1. The Hall–Kier alpha value is -3.78. The summed E-state index contributed by atoms with van der Waals surface area (Å²) in [6, 6.07) is 15.0. The molecule has 4 rings (SSSR count). The summed E-state index contributed by atoms with van der Waals surface area (Å²) in [5.41, 5.74) is 7.08. The van der Waals surface area contributed by atoms with Gasteiger partial charge in [0, 0.05) is 11.4 Å². The number of hydrogen-bond donors (Lipinski definition) is 1. The Bertz CT molecular complexity index is 1160. The minimum absolute atomic E-state index is 0.0942. The summed E-state index contributed by atoms with van der Waals surface area (Å²) >= 11 is 5.92. The second-order valence-corrected chi connectivity index (χ2v) is 7.48. The van der Waals surface area contributed by atoms with Crippen LogP contribution >= 0.6 is 11.6 Å². The van der Waals surface area contributed by atoms with Gasteiger partial charge >= 0.3 is 0 Å². The molecule has 0 spiro atoms. The van der Waals surface area contributed by atoms with Gasteiger partial charge < -0.3 is 19.6 Å². The number of methoxy groups -OCH3 is 1. The van der Waals surface area contributed by atoms with Gasteiger partial charge in [-0.15, -0.1) is 0 Å². The zero-order valence-corrected chi connectivity index (χ0v) is 17.9. The molecule has 0 fully saturated rings. The third-order valence-corrected chi connectivity index (χ3v) is 5.25. The molecule has 1 atom stereocenters. The van der Waals surface area contributed by atoms with E-state index in [1.807, 2.05) is 24.3 Å². The molecule has 2 heterocycles. The fourth-order valence-corrected chi connectivity index (χ4v) is 3.60. The lowest BCUT2D eigenvalue weighted by atomic mass is 10.0. The van der Waals surface area contributed by atoms with Gasteiger partial charge in [0.2, 0.25) is 0 Å². The average Bonchev–Trinajstić information content (AvgIpc) is 3.48. The highest BCUT2D eigenvalue weighted by atomic mass is 35.5. The fraction of sp³-hybridized carbons (Fsp3) is 0.174. The highest BCUT2D eigenvalue weighted by Crippen LogP contribution is 2.33. The molecule has 1 aliphatic rings. The molecule has 1 aliphatic heterocycles. The fourth-order valence-electron chi connectivity index (χ4n) is 3.43. The standard InChI is InChI=1S/C23H20ClN3O5/c1-30-16-7-4-14(5-8-16)18-12-19(21-3-2-10-31-21)27(26-18)22(28)13-32-20-9-6-15(24)11-17(20)23(25)29/h2-11,19H,12-13H2,1H3,(H2,25,29). The summed E-state index contributed by atoms with van der Waals surface area (Å²) in [5.74, 6) is 0.396. The normalized spacial score (nSPS) is 15.4. The van der Waals surface area contributed by atoms with Crippen molar-refractivity contribution in [2.45, 2.75) is 12.5 Å². The molecule has 2 amide bonds. The quantitative estimate of drug-likeness (QED) is 0.585. The molecule has 9 heteroatoms. The Balaban J connectivity index is 1.56. The number of hydrogen-bond acceptors (Lipinski definition) is 6. The van der Waals surface area contributed by atoms with E-state index >= 15 is 0 Å². The Labute approximate surface area is 189 Å². The summed E-state index contributed by atoms with van der Waals surface area (Å²) in [5, 5.41) is 6.22.